The minimum absolute atomic E-state index is 0.0339. The Labute approximate surface area is 258 Å². The largest absolute Gasteiger partial charge is 0.414 e. The van der Waals surface area contributed by atoms with E-state index in [2.05, 4.69) is 113 Å². The number of amides is 2. The number of carbonyl (C=O) groups excluding carboxylic acids is 1. The highest BCUT2D eigenvalue weighted by Crippen LogP contribution is 2.45. The molecule has 2 amide bonds. The second-order valence-corrected chi connectivity index (χ2v) is 30.9. The summed E-state index contributed by atoms with van der Waals surface area (Å²) in [5.41, 5.74) is 0. The first-order chi connectivity index (χ1) is 18.8. The van der Waals surface area contributed by atoms with Gasteiger partial charge in [-0.1, -0.05) is 62.3 Å². The SMILES string of the molecule is CC(C)(C)[Si](C)(C)OC[C@H]1O[C@@H](N2C=CC3=NC(C#N)CN3C2=O)[C@H](O[Si](C)(C)C(C)(C)C)[C@@H]1O[Si](C)(C)C(C)(C)C. The van der Waals surface area contributed by atoms with Crippen LogP contribution < -0.4 is 0 Å². The van der Waals surface area contributed by atoms with Gasteiger partial charge in [0.1, 0.15) is 24.1 Å². The monoisotopic (exact) mass is 636 g/mol. The molecular weight excluding hydrogens is 581 g/mol. The minimum atomic E-state index is -2.34. The molecule has 1 saturated heterocycles. The number of amidine groups is 1. The molecule has 1 fully saturated rings. The van der Waals surface area contributed by atoms with Crippen molar-refractivity contribution >= 4 is 36.8 Å². The van der Waals surface area contributed by atoms with E-state index in [4.69, 9.17) is 18.0 Å². The van der Waals surface area contributed by atoms with Crippen LogP contribution in [0.2, 0.25) is 54.4 Å². The van der Waals surface area contributed by atoms with Gasteiger partial charge in [-0.3, -0.25) is 9.80 Å². The van der Waals surface area contributed by atoms with Crippen LogP contribution in [0.4, 0.5) is 4.79 Å². The van der Waals surface area contributed by atoms with Crippen LogP contribution in [0.25, 0.3) is 0 Å². The summed E-state index contributed by atoms with van der Waals surface area (Å²) in [6, 6.07) is 1.33. The lowest BCUT2D eigenvalue weighted by Gasteiger charge is -2.45. The fraction of sp³-hybridized carbons (Fsp3) is 0.833. The highest BCUT2D eigenvalue weighted by Gasteiger charge is 2.57. The van der Waals surface area contributed by atoms with Crippen LogP contribution in [-0.2, 0) is 18.0 Å². The quantitative estimate of drug-likeness (QED) is 0.265. The average molecular weight is 637 g/mol. The molecule has 0 saturated carbocycles. The summed E-state index contributed by atoms with van der Waals surface area (Å²) in [7, 11) is -6.74. The molecule has 0 aliphatic carbocycles. The number of urea groups is 1. The zero-order valence-corrected chi connectivity index (χ0v) is 31.8. The molecule has 42 heavy (non-hydrogen) atoms. The van der Waals surface area contributed by atoms with E-state index in [-0.39, 0.29) is 27.7 Å². The number of hydrogen-bond acceptors (Lipinski definition) is 7. The van der Waals surface area contributed by atoms with E-state index in [0.717, 1.165) is 0 Å². The molecule has 0 spiro atoms. The molecule has 3 heterocycles. The molecule has 0 aromatic rings. The molecule has 3 aliphatic rings. The Morgan fingerprint density at radius 2 is 1.40 bits per heavy atom. The molecule has 0 N–H and O–H groups in total. The van der Waals surface area contributed by atoms with Gasteiger partial charge in [0, 0.05) is 6.20 Å². The summed E-state index contributed by atoms with van der Waals surface area (Å²) >= 11 is 0. The smallest absolute Gasteiger partial charge is 0.331 e. The van der Waals surface area contributed by atoms with Crippen molar-refractivity contribution < 1.29 is 22.8 Å². The predicted octanol–water partition coefficient (Wildman–Crippen LogP) is 7.07. The number of nitrogens with zero attached hydrogens (tertiary/aromatic N) is 4. The molecule has 1 unspecified atom stereocenters. The van der Waals surface area contributed by atoms with Crippen LogP contribution in [0.3, 0.4) is 0 Å². The number of rotatable bonds is 8. The molecular formula is C30H56N4O5Si3. The Bertz CT molecular complexity index is 1130. The maximum atomic E-state index is 13.9. The van der Waals surface area contributed by atoms with Crippen LogP contribution in [0.5, 0.6) is 0 Å². The third kappa shape index (κ3) is 6.98. The summed E-state index contributed by atoms with van der Waals surface area (Å²) in [6.07, 6.45) is 1.44. The minimum Gasteiger partial charge on any atom is -0.414 e. The molecule has 0 aromatic carbocycles. The first-order valence-corrected chi connectivity index (χ1v) is 24.0. The lowest BCUT2D eigenvalue weighted by atomic mass is 10.1. The third-order valence-electron chi connectivity index (χ3n) is 10.4. The Morgan fingerprint density at radius 3 is 1.88 bits per heavy atom. The zero-order valence-electron chi connectivity index (χ0n) is 28.8. The fourth-order valence-corrected chi connectivity index (χ4v) is 7.95. The van der Waals surface area contributed by atoms with Gasteiger partial charge in [-0.05, 0) is 60.5 Å². The first-order valence-electron chi connectivity index (χ1n) is 15.2. The lowest BCUT2D eigenvalue weighted by molar-refractivity contribution is -0.0638. The summed E-state index contributed by atoms with van der Waals surface area (Å²) in [6.45, 7) is 34.0. The second-order valence-electron chi connectivity index (χ2n) is 16.6. The molecule has 3 rings (SSSR count). The van der Waals surface area contributed by atoms with Crippen LogP contribution >= 0.6 is 0 Å². The number of nitriles is 1. The predicted molar refractivity (Wildman–Crippen MR) is 176 cm³/mol. The highest BCUT2D eigenvalue weighted by molar-refractivity contribution is 6.75. The molecule has 5 atom stereocenters. The van der Waals surface area contributed by atoms with E-state index in [1.807, 2.05) is 0 Å². The number of carbonyl (C=O) groups is 1. The van der Waals surface area contributed by atoms with Crippen molar-refractivity contribution in [2.24, 2.45) is 4.99 Å². The van der Waals surface area contributed by atoms with Gasteiger partial charge in [0.15, 0.2) is 37.2 Å². The van der Waals surface area contributed by atoms with Crippen LogP contribution in [-0.4, -0.2) is 90.4 Å². The number of fused-ring (bicyclic) bond motifs is 1. The van der Waals surface area contributed by atoms with E-state index in [0.29, 0.717) is 12.4 Å². The van der Waals surface area contributed by atoms with Gasteiger partial charge < -0.3 is 18.0 Å². The van der Waals surface area contributed by atoms with Crippen molar-refractivity contribution in [3.8, 4) is 6.07 Å². The van der Waals surface area contributed by atoms with Crippen molar-refractivity contribution in [1.82, 2.24) is 9.80 Å². The van der Waals surface area contributed by atoms with Gasteiger partial charge in [0.2, 0.25) is 0 Å². The molecule has 0 aromatic heterocycles. The summed E-state index contributed by atoms with van der Waals surface area (Å²) in [5.74, 6) is 0.509. The average Bonchev–Trinajstić information content (AvgIpc) is 3.38. The van der Waals surface area contributed by atoms with Gasteiger partial charge in [-0.2, -0.15) is 5.26 Å². The number of hydrogen-bond donors (Lipinski definition) is 0. The molecule has 0 radical (unpaired) electrons. The number of aliphatic imine (C=N–C) groups is 1. The van der Waals surface area contributed by atoms with E-state index >= 15 is 0 Å². The Hall–Kier alpha value is -1.34. The standard InChI is InChI=1S/C30H56N4O5Si3/c1-28(2,3)40(10,11)36-20-22-24(38-41(12,13)29(4,5)6)25(39-42(14,15)30(7,8)9)26(37-22)33-17-16-23-32-21(18-31)19-34(23)27(33)35/h16-17,21-22,24-26H,19-20H2,1-15H3/t21?,22-,24-,25-,26-/m1/s1. The second kappa shape index (κ2) is 11.5. The van der Waals surface area contributed by atoms with Crippen LogP contribution in [0.1, 0.15) is 62.3 Å². The zero-order chi connectivity index (χ0) is 32.3. The third-order valence-corrected chi connectivity index (χ3v) is 23.8. The van der Waals surface area contributed by atoms with Gasteiger partial charge >= 0.3 is 6.03 Å². The maximum Gasteiger partial charge on any atom is 0.331 e. The van der Waals surface area contributed by atoms with Gasteiger partial charge in [-0.15, -0.1) is 0 Å². The lowest BCUT2D eigenvalue weighted by Crippen LogP contribution is -2.58. The molecule has 0 bridgehead atoms. The Balaban J connectivity index is 2.08. The van der Waals surface area contributed by atoms with Crippen LogP contribution in [0, 0.1) is 11.3 Å². The number of ether oxygens (including phenoxy) is 1. The van der Waals surface area contributed by atoms with Crippen molar-refractivity contribution in [1.29, 1.82) is 5.26 Å². The van der Waals surface area contributed by atoms with E-state index < -0.39 is 55.5 Å². The van der Waals surface area contributed by atoms with Crippen molar-refractivity contribution in [2.45, 2.75) is 147 Å². The summed E-state index contributed by atoms with van der Waals surface area (Å²) < 4.78 is 27.9. The Morgan fingerprint density at radius 1 is 0.905 bits per heavy atom. The summed E-state index contributed by atoms with van der Waals surface area (Å²) in [4.78, 5) is 21.5. The Kier molecular flexibility index (Phi) is 9.66. The molecule has 12 heteroatoms. The van der Waals surface area contributed by atoms with E-state index in [9.17, 15) is 10.1 Å². The topological polar surface area (TPSA) is 96.6 Å². The van der Waals surface area contributed by atoms with Crippen LogP contribution in [0.15, 0.2) is 17.3 Å². The molecule has 238 valence electrons. The van der Waals surface area contributed by atoms with Gasteiger partial charge in [0.25, 0.3) is 0 Å². The fourth-order valence-electron chi connectivity index (χ4n) is 4.33. The van der Waals surface area contributed by atoms with Crippen molar-refractivity contribution in [2.75, 3.05) is 13.2 Å². The van der Waals surface area contributed by atoms with Gasteiger partial charge in [-0.25, -0.2) is 9.79 Å². The van der Waals surface area contributed by atoms with E-state index in [1.165, 1.54) is 0 Å². The molecule has 3 aliphatic heterocycles. The van der Waals surface area contributed by atoms with Crippen molar-refractivity contribution in [3.63, 3.8) is 0 Å². The first kappa shape index (κ1) is 35.1. The normalized spacial score (nSPS) is 27.8. The molecule has 9 nitrogen and oxygen atoms in total. The highest BCUT2D eigenvalue weighted by atomic mass is 28.4. The summed E-state index contributed by atoms with van der Waals surface area (Å²) in [5, 5.41) is 9.39. The van der Waals surface area contributed by atoms with Gasteiger partial charge in [0.05, 0.1) is 19.2 Å². The van der Waals surface area contributed by atoms with Crippen molar-refractivity contribution in [3.05, 3.63) is 12.3 Å². The van der Waals surface area contributed by atoms with E-state index in [1.54, 1.807) is 22.1 Å². The maximum absolute atomic E-state index is 13.9.